The maximum atomic E-state index is 4.26. The van der Waals surface area contributed by atoms with Crippen molar-refractivity contribution in [3.05, 3.63) is 17.7 Å². The van der Waals surface area contributed by atoms with Gasteiger partial charge < -0.3 is 4.98 Å². The van der Waals surface area contributed by atoms with Crippen molar-refractivity contribution in [2.45, 2.75) is 20.8 Å². The molecule has 1 heterocycles. The van der Waals surface area contributed by atoms with Gasteiger partial charge >= 0.3 is 0 Å². The van der Waals surface area contributed by atoms with Gasteiger partial charge in [-0.1, -0.05) is 13.8 Å². The van der Waals surface area contributed by atoms with Crippen LogP contribution >= 0.6 is 0 Å². The first kappa shape index (κ1) is 8.97. The van der Waals surface area contributed by atoms with Gasteiger partial charge in [-0.15, -0.1) is 0 Å². The number of H-pyrrole nitrogens is 1. The molecule has 1 rings (SSSR count). The Kier molecular flexibility index (Phi) is 3.02. The van der Waals surface area contributed by atoms with E-state index in [9.17, 15) is 0 Å². The van der Waals surface area contributed by atoms with Crippen molar-refractivity contribution in [2.75, 3.05) is 6.54 Å². The third kappa shape index (κ3) is 2.86. The van der Waals surface area contributed by atoms with E-state index < -0.39 is 0 Å². The van der Waals surface area contributed by atoms with Gasteiger partial charge in [-0.3, -0.25) is 4.99 Å². The van der Waals surface area contributed by atoms with E-state index in [1.807, 2.05) is 13.1 Å². The molecule has 12 heavy (non-hydrogen) atoms. The highest BCUT2D eigenvalue weighted by atomic mass is 14.9. The van der Waals surface area contributed by atoms with E-state index in [1.54, 1.807) is 6.20 Å². The standard InChI is InChI=1S/C9H15N3/c1-7(2)4-10-5-9-6-11-8(3)12-9/h5-7H,4H2,1-3H3,(H,11,12). The predicted octanol–water partition coefficient (Wildman–Crippen LogP) is 1.79. The Balaban J connectivity index is 2.46. The molecule has 1 aromatic heterocycles. The highest BCUT2D eigenvalue weighted by Crippen LogP contribution is 1.94. The van der Waals surface area contributed by atoms with Crippen LogP contribution in [0.2, 0.25) is 0 Å². The van der Waals surface area contributed by atoms with Gasteiger partial charge in [0.25, 0.3) is 0 Å². The minimum absolute atomic E-state index is 0.616. The van der Waals surface area contributed by atoms with Crippen LogP contribution in [0, 0.1) is 12.8 Å². The van der Waals surface area contributed by atoms with Gasteiger partial charge in [0, 0.05) is 12.8 Å². The molecular weight excluding hydrogens is 150 g/mol. The van der Waals surface area contributed by atoms with Crippen molar-refractivity contribution in [2.24, 2.45) is 10.9 Å². The van der Waals surface area contributed by atoms with Crippen molar-refractivity contribution >= 4 is 6.21 Å². The molecule has 0 aliphatic heterocycles. The molecular formula is C9H15N3. The summed E-state index contributed by atoms with van der Waals surface area (Å²) in [6.45, 7) is 7.10. The van der Waals surface area contributed by atoms with Gasteiger partial charge in [-0.25, -0.2) is 4.98 Å². The minimum Gasteiger partial charge on any atom is -0.341 e. The van der Waals surface area contributed by atoms with E-state index in [2.05, 4.69) is 28.8 Å². The summed E-state index contributed by atoms with van der Waals surface area (Å²) in [4.78, 5) is 11.4. The quantitative estimate of drug-likeness (QED) is 0.681. The van der Waals surface area contributed by atoms with Crippen molar-refractivity contribution in [3.63, 3.8) is 0 Å². The Hall–Kier alpha value is -1.12. The third-order valence-electron chi connectivity index (χ3n) is 1.42. The lowest BCUT2D eigenvalue weighted by Gasteiger charge is -1.95. The van der Waals surface area contributed by atoms with Crippen LogP contribution in [-0.2, 0) is 0 Å². The second kappa shape index (κ2) is 4.04. The summed E-state index contributed by atoms with van der Waals surface area (Å²) < 4.78 is 0. The Bertz CT molecular complexity index is 260. The van der Waals surface area contributed by atoms with Crippen LogP contribution in [0.1, 0.15) is 25.4 Å². The second-order valence-corrected chi connectivity index (χ2v) is 3.31. The lowest BCUT2D eigenvalue weighted by atomic mass is 10.2. The number of rotatable bonds is 3. The van der Waals surface area contributed by atoms with Crippen LogP contribution in [-0.4, -0.2) is 22.7 Å². The molecule has 66 valence electrons. The molecule has 3 nitrogen and oxygen atoms in total. The zero-order chi connectivity index (χ0) is 8.97. The molecule has 0 spiro atoms. The van der Waals surface area contributed by atoms with Gasteiger partial charge in [-0.2, -0.15) is 0 Å². The van der Waals surface area contributed by atoms with Crippen molar-refractivity contribution in [1.82, 2.24) is 9.97 Å². The fourth-order valence-electron chi connectivity index (χ4n) is 0.867. The van der Waals surface area contributed by atoms with Crippen molar-refractivity contribution in [1.29, 1.82) is 0 Å². The van der Waals surface area contributed by atoms with Gasteiger partial charge in [0.05, 0.1) is 11.9 Å². The summed E-state index contributed by atoms with van der Waals surface area (Å²) in [5.41, 5.74) is 0.980. The smallest absolute Gasteiger partial charge is 0.103 e. The molecule has 0 bridgehead atoms. The van der Waals surface area contributed by atoms with Crippen LogP contribution in [0.4, 0.5) is 0 Å². The molecule has 0 aliphatic carbocycles. The van der Waals surface area contributed by atoms with Crippen molar-refractivity contribution < 1.29 is 0 Å². The number of nitrogens with zero attached hydrogens (tertiary/aromatic N) is 2. The van der Waals surface area contributed by atoms with E-state index in [0.29, 0.717) is 5.92 Å². The second-order valence-electron chi connectivity index (χ2n) is 3.31. The lowest BCUT2D eigenvalue weighted by Crippen LogP contribution is -1.92. The largest absolute Gasteiger partial charge is 0.341 e. The predicted molar refractivity (Wildman–Crippen MR) is 50.6 cm³/mol. The molecule has 0 aromatic carbocycles. The average molecular weight is 165 g/mol. The number of aryl methyl sites for hydroxylation is 1. The molecule has 1 aromatic rings. The van der Waals surface area contributed by atoms with E-state index in [-0.39, 0.29) is 0 Å². The van der Waals surface area contributed by atoms with Crippen molar-refractivity contribution in [3.8, 4) is 0 Å². The Morgan fingerprint density at radius 3 is 2.92 bits per heavy atom. The first-order valence-electron chi connectivity index (χ1n) is 4.20. The summed E-state index contributed by atoms with van der Waals surface area (Å²) in [5, 5.41) is 0. The fourth-order valence-corrected chi connectivity index (χ4v) is 0.867. The monoisotopic (exact) mass is 165 g/mol. The van der Waals surface area contributed by atoms with Crippen LogP contribution in [0.25, 0.3) is 0 Å². The number of nitrogens with one attached hydrogen (secondary N) is 1. The number of hydrogen-bond acceptors (Lipinski definition) is 2. The molecule has 0 atom stereocenters. The summed E-state index contributed by atoms with van der Waals surface area (Å²) in [5.74, 6) is 1.55. The highest BCUT2D eigenvalue weighted by Gasteiger charge is 1.92. The first-order chi connectivity index (χ1) is 5.68. The zero-order valence-electron chi connectivity index (χ0n) is 7.83. The fraction of sp³-hybridized carbons (Fsp3) is 0.556. The third-order valence-corrected chi connectivity index (χ3v) is 1.42. The molecule has 3 heteroatoms. The van der Waals surface area contributed by atoms with E-state index >= 15 is 0 Å². The number of aliphatic imine (C=N–C) groups is 1. The zero-order valence-corrected chi connectivity index (χ0v) is 7.83. The lowest BCUT2D eigenvalue weighted by molar-refractivity contribution is 0.667. The van der Waals surface area contributed by atoms with Crippen LogP contribution in [0.3, 0.4) is 0 Å². The molecule has 1 N–H and O–H groups in total. The van der Waals surface area contributed by atoms with Crippen LogP contribution in [0.15, 0.2) is 11.2 Å². The topological polar surface area (TPSA) is 41.0 Å². The molecule has 0 radical (unpaired) electrons. The Labute approximate surface area is 72.9 Å². The number of hydrogen-bond donors (Lipinski definition) is 1. The highest BCUT2D eigenvalue weighted by molar-refractivity contribution is 5.76. The normalized spacial score (nSPS) is 11.7. The summed E-state index contributed by atoms with van der Waals surface area (Å²) in [7, 11) is 0. The maximum Gasteiger partial charge on any atom is 0.103 e. The molecule has 0 amide bonds. The molecule has 0 unspecified atom stereocenters. The molecule has 0 aliphatic rings. The average Bonchev–Trinajstić information content (AvgIpc) is 2.35. The van der Waals surface area contributed by atoms with Gasteiger partial charge in [0.15, 0.2) is 0 Å². The van der Waals surface area contributed by atoms with E-state index in [4.69, 9.17) is 0 Å². The van der Waals surface area contributed by atoms with Crippen LogP contribution < -0.4 is 0 Å². The van der Waals surface area contributed by atoms with Gasteiger partial charge in [-0.05, 0) is 12.8 Å². The molecule has 0 saturated carbocycles. The SMILES string of the molecule is Cc1ncc(C=NCC(C)C)[nH]1. The van der Waals surface area contributed by atoms with Gasteiger partial charge in [0.1, 0.15) is 5.82 Å². The van der Waals surface area contributed by atoms with Crippen LogP contribution in [0.5, 0.6) is 0 Å². The minimum atomic E-state index is 0.616. The number of aromatic nitrogens is 2. The summed E-state index contributed by atoms with van der Waals surface area (Å²) in [6, 6.07) is 0. The Morgan fingerprint density at radius 2 is 2.42 bits per heavy atom. The number of aromatic amines is 1. The summed E-state index contributed by atoms with van der Waals surface area (Å²) in [6.07, 6.45) is 3.62. The number of imidazole rings is 1. The van der Waals surface area contributed by atoms with E-state index in [1.165, 1.54) is 0 Å². The summed E-state index contributed by atoms with van der Waals surface area (Å²) >= 11 is 0. The maximum absolute atomic E-state index is 4.26. The van der Waals surface area contributed by atoms with E-state index in [0.717, 1.165) is 18.1 Å². The van der Waals surface area contributed by atoms with Gasteiger partial charge in [0.2, 0.25) is 0 Å². The first-order valence-corrected chi connectivity index (χ1v) is 4.20. The Morgan fingerprint density at radius 1 is 1.67 bits per heavy atom. The molecule has 0 saturated heterocycles. The molecule has 0 fully saturated rings.